The number of hydrogen-bond acceptors (Lipinski definition) is 2. The van der Waals surface area contributed by atoms with Gasteiger partial charge in [-0.3, -0.25) is 4.79 Å². The Morgan fingerprint density at radius 3 is 2.79 bits per heavy atom. The first-order valence-electron chi connectivity index (χ1n) is 6.98. The summed E-state index contributed by atoms with van der Waals surface area (Å²) in [6, 6.07) is 6.05. The molecule has 1 heterocycles. The van der Waals surface area contributed by atoms with E-state index in [0.717, 1.165) is 32.5 Å². The standard InChI is InChI=1S/C15H21FN2O/c1-2-8-18-9-6-14(7-10-18)17-15(19)12-4-3-5-13(16)11-12/h3-5,11,14H,2,6-10H2,1H3,(H,17,19). The molecule has 1 amide bonds. The van der Waals surface area contributed by atoms with Crippen molar-refractivity contribution >= 4 is 5.91 Å². The second-order valence-electron chi connectivity index (χ2n) is 5.10. The first kappa shape index (κ1) is 14.0. The molecule has 4 heteroatoms. The van der Waals surface area contributed by atoms with Gasteiger partial charge in [0.2, 0.25) is 0 Å². The minimum Gasteiger partial charge on any atom is -0.349 e. The smallest absolute Gasteiger partial charge is 0.251 e. The van der Waals surface area contributed by atoms with Crippen LogP contribution < -0.4 is 5.32 Å². The maximum Gasteiger partial charge on any atom is 0.251 e. The van der Waals surface area contributed by atoms with Crippen LogP contribution in [0.5, 0.6) is 0 Å². The number of nitrogens with one attached hydrogen (secondary N) is 1. The lowest BCUT2D eigenvalue weighted by Gasteiger charge is -2.32. The summed E-state index contributed by atoms with van der Waals surface area (Å²) in [5, 5.41) is 2.99. The van der Waals surface area contributed by atoms with Crippen molar-refractivity contribution in [1.29, 1.82) is 0 Å². The van der Waals surface area contributed by atoms with E-state index < -0.39 is 0 Å². The summed E-state index contributed by atoms with van der Waals surface area (Å²) in [7, 11) is 0. The lowest BCUT2D eigenvalue weighted by atomic mass is 10.0. The molecular weight excluding hydrogens is 243 g/mol. The molecule has 1 aromatic rings. The third kappa shape index (κ3) is 4.03. The van der Waals surface area contributed by atoms with E-state index in [-0.39, 0.29) is 17.8 Å². The Kier molecular flexibility index (Phi) is 4.91. The Bertz CT molecular complexity index is 428. The van der Waals surface area contributed by atoms with Gasteiger partial charge < -0.3 is 10.2 Å². The van der Waals surface area contributed by atoms with Crippen molar-refractivity contribution < 1.29 is 9.18 Å². The van der Waals surface area contributed by atoms with Crippen LogP contribution in [0.25, 0.3) is 0 Å². The predicted molar refractivity (Wildman–Crippen MR) is 73.6 cm³/mol. The molecular formula is C15H21FN2O. The van der Waals surface area contributed by atoms with Crippen LogP contribution in [-0.4, -0.2) is 36.5 Å². The normalized spacial score (nSPS) is 17.4. The summed E-state index contributed by atoms with van der Waals surface area (Å²) >= 11 is 0. The second-order valence-corrected chi connectivity index (χ2v) is 5.10. The van der Waals surface area contributed by atoms with Gasteiger partial charge in [0, 0.05) is 24.7 Å². The van der Waals surface area contributed by atoms with Gasteiger partial charge in [-0.2, -0.15) is 0 Å². The summed E-state index contributed by atoms with van der Waals surface area (Å²) in [5.74, 6) is -0.543. The zero-order valence-corrected chi connectivity index (χ0v) is 11.4. The van der Waals surface area contributed by atoms with Gasteiger partial charge >= 0.3 is 0 Å². The molecule has 0 aliphatic carbocycles. The number of carbonyl (C=O) groups excluding carboxylic acids is 1. The molecule has 0 spiro atoms. The molecule has 1 fully saturated rings. The molecule has 0 aromatic heterocycles. The van der Waals surface area contributed by atoms with Crippen LogP contribution >= 0.6 is 0 Å². The number of likely N-dealkylation sites (tertiary alicyclic amines) is 1. The van der Waals surface area contributed by atoms with Gasteiger partial charge in [0.1, 0.15) is 5.82 Å². The summed E-state index contributed by atoms with van der Waals surface area (Å²) < 4.78 is 13.1. The first-order chi connectivity index (χ1) is 9.19. The molecule has 2 rings (SSSR count). The summed E-state index contributed by atoms with van der Waals surface area (Å²) in [4.78, 5) is 14.4. The fourth-order valence-corrected chi connectivity index (χ4v) is 2.52. The third-order valence-electron chi connectivity index (χ3n) is 3.55. The van der Waals surface area contributed by atoms with Crippen molar-refractivity contribution in [3.63, 3.8) is 0 Å². The van der Waals surface area contributed by atoms with Gasteiger partial charge in [-0.05, 0) is 44.0 Å². The number of halogens is 1. The summed E-state index contributed by atoms with van der Waals surface area (Å²) in [6.45, 7) is 5.37. The van der Waals surface area contributed by atoms with Crippen LogP contribution in [0.2, 0.25) is 0 Å². The fraction of sp³-hybridized carbons (Fsp3) is 0.533. The molecule has 0 atom stereocenters. The predicted octanol–water partition coefficient (Wildman–Crippen LogP) is 2.43. The van der Waals surface area contributed by atoms with E-state index in [0.29, 0.717) is 5.56 Å². The Balaban J connectivity index is 1.84. The van der Waals surface area contributed by atoms with Gasteiger partial charge in [0.05, 0.1) is 0 Å². The number of piperidine rings is 1. The maximum absolute atomic E-state index is 13.1. The molecule has 1 aliphatic rings. The minimum absolute atomic E-state index is 0.173. The molecule has 19 heavy (non-hydrogen) atoms. The quantitative estimate of drug-likeness (QED) is 0.906. The lowest BCUT2D eigenvalue weighted by molar-refractivity contribution is 0.0910. The van der Waals surface area contributed by atoms with E-state index in [2.05, 4.69) is 17.1 Å². The van der Waals surface area contributed by atoms with E-state index >= 15 is 0 Å². The van der Waals surface area contributed by atoms with Gasteiger partial charge in [-0.25, -0.2) is 4.39 Å². The third-order valence-corrected chi connectivity index (χ3v) is 3.55. The van der Waals surface area contributed by atoms with E-state index in [1.54, 1.807) is 12.1 Å². The highest BCUT2D eigenvalue weighted by Gasteiger charge is 2.20. The van der Waals surface area contributed by atoms with Crippen LogP contribution in [0.3, 0.4) is 0 Å². The SMILES string of the molecule is CCCN1CCC(NC(=O)c2cccc(F)c2)CC1. The maximum atomic E-state index is 13.1. The molecule has 3 nitrogen and oxygen atoms in total. The van der Waals surface area contributed by atoms with Crippen molar-refractivity contribution in [1.82, 2.24) is 10.2 Å². The monoisotopic (exact) mass is 264 g/mol. The second kappa shape index (κ2) is 6.66. The highest BCUT2D eigenvalue weighted by Crippen LogP contribution is 2.12. The zero-order valence-electron chi connectivity index (χ0n) is 11.4. The Labute approximate surface area is 113 Å². The van der Waals surface area contributed by atoms with Gasteiger partial charge in [0.15, 0.2) is 0 Å². The van der Waals surface area contributed by atoms with E-state index in [9.17, 15) is 9.18 Å². The van der Waals surface area contributed by atoms with Crippen molar-refractivity contribution in [2.24, 2.45) is 0 Å². The highest BCUT2D eigenvalue weighted by atomic mass is 19.1. The molecule has 0 unspecified atom stereocenters. The fourth-order valence-electron chi connectivity index (χ4n) is 2.52. The van der Waals surface area contributed by atoms with Crippen molar-refractivity contribution in [3.05, 3.63) is 35.6 Å². The minimum atomic E-state index is -0.370. The average Bonchev–Trinajstić information content (AvgIpc) is 2.41. The van der Waals surface area contributed by atoms with Gasteiger partial charge in [0.25, 0.3) is 5.91 Å². The summed E-state index contributed by atoms with van der Waals surface area (Å²) in [6.07, 6.45) is 3.11. The number of nitrogens with zero attached hydrogens (tertiary/aromatic N) is 1. The van der Waals surface area contributed by atoms with Crippen LogP contribution in [0.15, 0.2) is 24.3 Å². The van der Waals surface area contributed by atoms with Crippen molar-refractivity contribution in [3.8, 4) is 0 Å². The van der Waals surface area contributed by atoms with E-state index in [1.165, 1.54) is 18.6 Å². The molecule has 1 aliphatic heterocycles. The average molecular weight is 264 g/mol. The number of carbonyl (C=O) groups is 1. The van der Waals surface area contributed by atoms with Crippen LogP contribution in [0.4, 0.5) is 4.39 Å². The molecule has 1 aromatic carbocycles. The van der Waals surface area contributed by atoms with E-state index in [1.807, 2.05) is 0 Å². The lowest BCUT2D eigenvalue weighted by Crippen LogP contribution is -2.44. The molecule has 0 bridgehead atoms. The molecule has 104 valence electrons. The van der Waals surface area contributed by atoms with Crippen LogP contribution in [-0.2, 0) is 0 Å². The van der Waals surface area contributed by atoms with E-state index in [4.69, 9.17) is 0 Å². The zero-order chi connectivity index (χ0) is 13.7. The first-order valence-corrected chi connectivity index (χ1v) is 6.98. The Morgan fingerprint density at radius 2 is 2.16 bits per heavy atom. The molecule has 1 saturated heterocycles. The highest BCUT2D eigenvalue weighted by molar-refractivity contribution is 5.94. The van der Waals surface area contributed by atoms with Gasteiger partial charge in [-0.1, -0.05) is 13.0 Å². The Morgan fingerprint density at radius 1 is 1.42 bits per heavy atom. The van der Waals surface area contributed by atoms with Gasteiger partial charge in [-0.15, -0.1) is 0 Å². The summed E-state index contributed by atoms with van der Waals surface area (Å²) in [5.41, 5.74) is 0.399. The number of hydrogen-bond donors (Lipinski definition) is 1. The number of rotatable bonds is 4. The topological polar surface area (TPSA) is 32.3 Å². The molecule has 0 radical (unpaired) electrons. The number of amides is 1. The van der Waals surface area contributed by atoms with Crippen LogP contribution in [0, 0.1) is 5.82 Å². The van der Waals surface area contributed by atoms with Crippen molar-refractivity contribution in [2.75, 3.05) is 19.6 Å². The largest absolute Gasteiger partial charge is 0.349 e. The Hall–Kier alpha value is -1.42. The number of benzene rings is 1. The molecule has 0 saturated carbocycles. The van der Waals surface area contributed by atoms with Crippen LogP contribution in [0.1, 0.15) is 36.5 Å². The molecule has 1 N–H and O–H groups in total. The van der Waals surface area contributed by atoms with Crippen molar-refractivity contribution in [2.45, 2.75) is 32.2 Å².